The Morgan fingerprint density at radius 3 is 2.88 bits per heavy atom. The SMILES string of the molecule is COCC(NC(=O)Cn1cc(C2CC2)nn1)c1ccc(F)c(F)c1. The lowest BCUT2D eigenvalue weighted by Gasteiger charge is -2.18. The molecule has 3 rings (SSSR count). The number of nitrogens with zero attached hydrogens (tertiary/aromatic N) is 3. The number of hydrogen-bond donors (Lipinski definition) is 1. The maximum atomic E-state index is 13.4. The van der Waals surface area contributed by atoms with E-state index in [1.165, 1.54) is 17.9 Å². The van der Waals surface area contributed by atoms with Gasteiger partial charge in [-0.1, -0.05) is 11.3 Å². The Hall–Kier alpha value is -2.35. The molecule has 1 aromatic heterocycles. The van der Waals surface area contributed by atoms with E-state index >= 15 is 0 Å². The summed E-state index contributed by atoms with van der Waals surface area (Å²) in [5, 5.41) is 10.7. The molecule has 0 radical (unpaired) electrons. The van der Waals surface area contributed by atoms with Crippen molar-refractivity contribution >= 4 is 5.91 Å². The summed E-state index contributed by atoms with van der Waals surface area (Å²) < 4.78 is 33.0. The molecule has 2 aromatic rings. The summed E-state index contributed by atoms with van der Waals surface area (Å²) in [6.45, 7) is 0.144. The molecular formula is C16H18F2N4O2. The van der Waals surface area contributed by atoms with E-state index in [1.54, 1.807) is 6.20 Å². The Labute approximate surface area is 137 Å². The molecule has 1 saturated carbocycles. The third-order valence-corrected chi connectivity index (χ3v) is 3.87. The van der Waals surface area contributed by atoms with Crippen molar-refractivity contribution in [1.82, 2.24) is 20.3 Å². The Kier molecular flexibility index (Phi) is 4.84. The van der Waals surface area contributed by atoms with Crippen molar-refractivity contribution in [3.8, 4) is 0 Å². The predicted octanol–water partition coefficient (Wildman–Crippen LogP) is 1.94. The van der Waals surface area contributed by atoms with Gasteiger partial charge in [0.05, 0.1) is 18.3 Å². The van der Waals surface area contributed by atoms with E-state index in [0.717, 1.165) is 30.7 Å². The number of benzene rings is 1. The van der Waals surface area contributed by atoms with E-state index in [0.29, 0.717) is 11.5 Å². The molecule has 128 valence electrons. The van der Waals surface area contributed by atoms with Crippen molar-refractivity contribution in [2.45, 2.75) is 31.3 Å². The van der Waals surface area contributed by atoms with Gasteiger partial charge in [-0.3, -0.25) is 4.79 Å². The molecule has 0 saturated heterocycles. The fourth-order valence-corrected chi connectivity index (χ4v) is 2.46. The van der Waals surface area contributed by atoms with Gasteiger partial charge in [-0.05, 0) is 30.5 Å². The van der Waals surface area contributed by atoms with Crippen molar-refractivity contribution < 1.29 is 18.3 Å². The van der Waals surface area contributed by atoms with Crippen LogP contribution in [0.25, 0.3) is 0 Å². The molecule has 8 heteroatoms. The second-order valence-electron chi connectivity index (χ2n) is 5.86. The maximum absolute atomic E-state index is 13.4. The van der Waals surface area contributed by atoms with E-state index in [9.17, 15) is 13.6 Å². The Balaban J connectivity index is 1.65. The monoisotopic (exact) mass is 336 g/mol. The highest BCUT2D eigenvalue weighted by atomic mass is 19.2. The largest absolute Gasteiger partial charge is 0.382 e. The maximum Gasteiger partial charge on any atom is 0.242 e. The van der Waals surface area contributed by atoms with Gasteiger partial charge in [0.1, 0.15) is 6.54 Å². The minimum Gasteiger partial charge on any atom is -0.382 e. The molecule has 1 heterocycles. The van der Waals surface area contributed by atoms with Crippen molar-refractivity contribution in [1.29, 1.82) is 0 Å². The van der Waals surface area contributed by atoms with Crippen LogP contribution in [0.5, 0.6) is 0 Å². The minimum atomic E-state index is -0.965. The van der Waals surface area contributed by atoms with Gasteiger partial charge in [0.15, 0.2) is 11.6 Å². The molecule has 1 N–H and O–H groups in total. The molecular weight excluding hydrogens is 318 g/mol. The van der Waals surface area contributed by atoms with Crippen LogP contribution in [-0.2, 0) is 16.1 Å². The first kappa shape index (κ1) is 16.5. The van der Waals surface area contributed by atoms with Gasteiger partial charge in [0.2, 0.25) is 5.91 Å². The molecule has 0 spiro atoms. The molecule has 1 amide bonds. The Morgan fingerprint density at radius 2 is 2.21 bits per heavy atom. The number of ether oxygens (including phenoxy) is 1. The lowest BCUT2D eigenvalue weighted by molar-refractivity contribution is -0.123. The Morgan fingerprint density at radius 1 is 1.42 bits per heavy atom. The van der Waals surface area contributed by atoms with Gasteiger partial charge in [-0.15, -0.1) is 5.10 Å². The Bertz CT molecular complexity index is 731. The van der Waals surface area contributed by atoms with Gasteiger partial charge in [-0.2, -0.15) is 0 Å². The normalized spacial score (nSPS) is 15.3. The summed E-state index contributed by atoms with van der Waals surface area (Å²) in [4.78, 5) is 12.2. The van der Waals surface area contributed by atoms with Crippen LogP contribution >= 0.6 is 0 Å². The lowest BCUT2D eigenvalue weighted by atomic mass is 10.1. The van der Waals surface area contributed by atoms with E-state index in [-0.39, 0.29) is 19.1 Å². The predicted molar refractivity (Wildman–Crippen MR) is 81.1 cm³/mol. The first-order chi connectivity index (χ1) is 11.6. The lowest BCUT2D eigenvalue weighted by Crippen LogP contribution is -2.34. The molecule has 24 heavy (non-hydrogen) atoms. The average Bonchev–Trinajstić information content (AvgIpc) is 3.30. The quantitative estimate of drug-likeness (QED) is 0.839. The second kappa shape index (κ2) is 7.04. The summed E-state index contributed by atoms with van der Waals surface area (Å²) in [5.41, 5.74) is 1.33. The van der Waals surface area contributed by atoms with Crippen LogP contribution in [0.15, 0.2) is 24.4 Å². The van der Waals surface area contributed by atoms with Crippen LogP contribution < -0.4 is 5.32 Å². The first-order valence-electron chi connectivity index (χ1n) is 7.70. The van der Waals surface area contributed by atoms with Crippen molar-refractivity contribution in [2.24, 2.45) is 0 Å². The number of hydrogen-bond acceptors (Lipinski definition) is 4. The van der Waals surface area contributed by atoms with E-state index in [2.05, 4.69) is 15.6 Å². The zero-order valence-electron chi connectivity index (χ0n) is 13.2. The molecule has 0 aliphatic heterocycles. The third kappa shape index (κ3) is 3.94. The number of nitrogens with one attached hydrogen (secondary N) is 1. The van der Waals surface area contributed by atoms with Gasteiger partial charge in [0.25, 0.3) is 0 Å². The smallest absolute Gasteiger partial charge is 0.242 e. The fraction of sp³-hybridized carbons (Fsp3) is 0.438. The van der Waals surface area contributed by atoms with Crippen LogP contribution in [0.1, 0.15) is 36.1 Å². The fourth-order valence-electron chi connectivity index (χ4n) is 2.46. The molecule has 1 fully saturated rings. The van der Waals surface area contributed by atoms with Crippen LogP contribution in [0.4, 0.5) is 8.78 Å². The molecule has 1 atom stereocenters. The molecule has 1 aromatic carbocycles. The summed E-state index contributed by atoms with van der Waals surface area (Å²) in [6.07, 6.45) is 3.98. The van der Waals surface area contributed by atoms with Crippen LogP contribution in [-0.4, -0.2) is 34.6 Å². The topological polar surface area (TPSA) is 69.0 Å². The van der Waals surface area contributed by atoms with Crippen LogP contribution in [0, 0.1) is 11.6 Å². The highest BCUT2D eigenvalue weighted by Crippen LogP contribution is 2.38. The number of halogens is 2. The molecule has 0 bridgehead atoms. The highest BCUT2D eigenvalue weighted by Gasteiger charge is 2.26. The molecule has 6 nitrogen and oxygen atoms in total. The van der Waals surface area contributed by atoms with E-state index in [4.69, 9.17) is 4.74 Å². The standard InChI is InChI=1S/C16H18F2N4O2/c1-24-9-15(11-4-5-12(17)13(18)6-11)19-16(23)8-22-7-14(20-21-22)10-2-3-10/h4-7,10,15H,2-3,8-9H2,1H3,(H,19,23). The van der Waals surface area contributed by atoms with Gasteiger partial charge < -0.3 is 10.1 Å². The van der Waals surface area contributed by atoms with E-state index < -0.39 is 17.7 Å². The number of methoxy groups -OCH3 is 1. The zero-order chi connectivity index (χ0) is 17.1. The van der Waals surface area contributed by atoms with E-state index in [1.807, 2.05) is 0 Å². The highest BCUT2D eigenvalue weighted by molar-refractivity contribution is 5.76. The summed E-state index contributed by atoms with van der Waals surface area (Å²) in [5.74, 6) is -1.75. The summed E-state index contributed by atoms with van der Waals surface area (Å²) >= 11 is 0. The van der Waals surface area contributed by atoms with Crippen molar-refractivity contribution in [2.75, 3.05) is 13.7 Å². The minimum absolute atomic E-state index is 0.00358. The van der Waals surface area contributed by atoms with Crippen molar-refractivity contribution in [3.63, 3.8) is 0 Å². The zero-order valence-corrected chi connectivity index (χ0v) is 13.2. The number of carbonyl (C=O) groups excluding carboxylic acids is 1. The van der Waals surface area contributed by atoms with Crippen molar-refractivity contribution in [3.05, 3.63) is 47.3 Å². The number of rotatable bonds is 7. The third-order valence-electron chi connectivity index (χ3n) is 3.87. The van der Waals surface area contributed by atoms with Gasteiger partial charge >= 0.3 is 0 Å². The second-order valence-corrected chi connectivity index (χ2v) is 5.86. The summed E-state index contributed by atoms with van der Waals surface area (Å²) in [6, 6.07) is 2.92. The first-order valence-corrected chi connectivity index (χ1v) is 7.70. The van der Waals surface area contributed by atoms with Crippen LogP contribution in [0.3, 0.4) is 0 Å². The number of aromatic nitrogens is 3. The molecule has 1 unspecified atom stereocenters. The van der Waals surface area contributed by atoms with Gasteiger partial charge in [-0.25, -0.2) is 13.5 Å². The number of carbonyl (C=O) groups is 1. The molecule has 1 aliphatic carbocycles. The van der Waals surface area contributed by atoms with Gasteiger partial charge in [0, 0.05) is 19.2 Å². The molecule has 1 aliphatic rings. The summed E-state index contributed by atoms with van der Waals surface area (Å²) in [7, 11) is 1.47. The number of amides is 1. The average molecular weight is 336 g/mol. The van der Waals surface area contributed by atoms with Crippen LogP contribution in [0.2, 0.25) is 0 Å².